The highest BCUT2D eigenvalue weighted by molar-refractivity contribution is 7.79. The summed E-state index contributed by atoms with van der Waals surface area (Å²) in [5.41, 5.74) is 14.1. The molecule has 0 N–H and O–H groups in total. The summed E-state index contributed by atoms with van der Waals surface area (Å²) in [7, 11) is 3.22. The summed E-state index contributed by atoms with van der Waals surface area (Å²) < 4.78 is 39.0. The Morgan fingerprint density at radius 3 is 0.914 bits per heavy atom. The molecule has 2 aliphatic rings. The first kappa shape index (κ1) is 69.2. The number of benzene rings is 2. The molecule has 0 fully saturated rings. The van der Waals surface area contributed by atoms with Gasteiger partial charge in [-0.25, -0.2) is 9.13 Å². The molecule has 9 heteroatoms. The molecule has 0 saturated heterocycles. The molecule has 0 bridgehead atoms. The Labute approximate surface area is 496 Å². The van der Waals surface area contributed by atoms with E-state index >= 15 is 0 Å². The van der Waals surface area contributed by atoms with Crippen molar-refractivity contribution in [3.05, 3.63) is 119 Å². The van der Waals surface area contributed by atoms with Crippen molar-refractivity contribution < 1.29 is 26.7 Å². The molecule has 0 radical (unpaired) electrons. The standard InChI is InChI=1S/2C36H57N2.H2O4S/c2*1-4-5-6-7-8-9-10-11-12-13-14-15-16-17-18-19-28-38-29-27-36-33(21-20-22-34(36)31-38)30-32-23-25-35(26-24-32)37(2)3;1-5(2,3)4/h2*23-27,29-31H,4-22,28H2,1-3H3;(H2,1,2,3,4)/q2*+1;/p-2. The van der Waals surface area contributed by atoms with E-state index in [2.05, 4.69) is 159 Å². The second kappa shape index (κ2) is 42.5. The SMILES string of the molecule is CCCCCCCCCCCCCCCCCC[n+]1ccc2c(c1)CCC/C2=C\c1ccc(N(C)C)cc1.CCCCCCCCCCCCCCCCCC[n+]1ccc2c(c1)CCC/C2=C\c1ccc(N(C)C)cc1.O=S(=O)([O-])[O-]. The van der Waals surface area contributed by atoms with Crippen molar-refractivity contribution in [3.63, 3.8) is 0 Å². The largest absolute Gasteiger partial charge is 0.759 e. The number of hydrogen-bond acceptors (Lipinski definition) is 6. The van der Waals surface area contributed by atoms with Crippen molar-refractivity contribution in [2.24, 2.45) is 0 Å². The van der Waals surface area contributed by atoms with Crippen molar-refractivity contribution in [2.45, 2.75) is 271 Å². The molecule has 81 heavy (non-hydrogen) atoms. The number of pyridine rings is 2. The van der Waals surface area contributed by atoms with Gasteiger partial charge in [-0.1, -0.05) is 230 Å². The van der Waals surface area contributed by atoms with E-state index in [-0.39, 0.29) is 0 Å². The summed E-state index contributed by atoms with van der Waals surface area (Å²) in [5, 5.41) is 0. The van der Waals surface area contributed by atoms with Crippen molar-refractivity contribution in [2.75, 3.05) is 38.0 Å². The predicted molar refractivity (Wildman–Crippen MR) is 346 cm³/mol. The summed E-state index contributed by atoms with van der Waals surface area (Å²) in [6.45, 7) is 6.93. The lowest BCUT2D eigenvalue weighted by molar-refractivity contribution is -0.697. The Balaban J connectivity index is 0.000000321. The van der Waals surface area contributed by atoms with Crippen LogP contribution < -0.4 is 18.9 Å². The molecule has 0 amide bonds. The normalized spacial score (nSPS) is 14.0. The minimum Gasteiger partial charge on any atom is -0.759 e. The van der Waals surface area contributed by atoms with E-state index in [0.29, 0.717) is 0 Å². The van der Waals surface area contributed by atoms with E-state index in [1.807, 2.05) is 0 Å². The van der Waals surface area contributed by atoms with Crippen molar-refractivity contribution in [1.82, 2.24) is 0 Å². The summed E-state index contributed by atoms with van der Waals surface area (Å²) in [4.78, 5) is 4.32. The second-order valence-corrected chi connectivity index (χ2v) is 25.1. The first-order valence-corrected chi connectivity index (χ1v) is 34.3. The van der Waals surface area contributed by atoms with Gasteiger partial charge < -0.3 is 18.9 Å². The number of hydrogen-bond donors (Lipinski definition) is 0. The van der Waals surface area contributed by atoms with Crippen LogP contribution in [0.1, 0.15) is 278 Å². The maximum absolute atomic E-state index is 8.52. The highest BCUT2D eigenvalue weighted by Gasteiger charge is 2.19. The first-order chi connectivity index (χ1) is 39.3. The highest BCUT2D eigenvalue weighted by atomic mass is 32.3. The van der Waals surface area contributed by atoms with Gasteiger partial charge in [0.05, 0.1) is 0 Å². The molecular formula is C72H114N4O4S. The molecule has 2 heterocycles. The zero-order valence-corrected chi connectivity index (χ0v) is 53.2. The van der Waals surface area contributed by atoms with E-state index in [1.165, 1.54) is 300 Å². The molecule has 2 aromatic heterocycles. The molecule has 0 unspecified atom stereocenters. The number of aromatic nitrogens is 2. The van der Waals surface area contributed by atoms with Gasteiger partial charge in [-0.2, -0.15) is 0 Å². The van der Waals surface area contributed by atoms with Crippen LogP contribution in [0.3, 0.4) is 0 Å². The first-order valence-electron chi connectivity index (χ1n) is 33.0. The third-order valence-electron chi connectivity index (χ3n) is 16.7. The van der Waals surface area contributed by atoms with Crippen molar-refractivity contribution in [3.8, 4) is 0 Å². The van der Waals surface area contributed by atoms with Crippen LogP contribution in [0.4, 0.5) is 11.4 Å². The minimum atomic E-state index is -5.17. The predicted octanol–water partition coefficient (Wildman–Crippen LogP) is 19.0. The molecule has 0 spiro atoms. The van der Waals surface area contributed by atoms with Crippen LogP contribution in [0.15, 0.2) is 85.5 Å². The number of fused-ring (bicyclic) bond motifs is 2. The van der Waals surface area contributed by atoms with Gasteiger partial charge in [-0.15, -0.1) is 0 Å². The third kappa shape index (κ3) is 31.8. The number of nitrogens with zero attached hydrogens (tertiary/aromatic N) is 4. The van der Waals surface area contributed by atoms with Crippen LogP contribution in [-0.2, 0) is 36.3 Å². The fourth-order valence-electron chi connectivity index (χ4n) is 11.8. The Morgan fingerprint density at radius 2 is 0.654 bits per heavy atom. The van der Waals surface area contributed by atoms with Crippen LogP contribution in [-0.4, -0.2) is 45.7 Å². The van der Waals surface area contributed by atoms with Crippen LogP contribution in [0.5, 0.6) is 0 Å². The third-order valence-corrected chi connectivity index (χ3v) is 16.7. The van der Waals surface area contributed by atoms with Gasteiger partial charge in [-0.05, 0) is 109 Å². The van der Waals surface area contributed by atoms with Crippen LogP contribution in [0.2, 0.25) is 0 Å². The molecule has 0 saturated carbocycles. The van der Waals surface area contributed by atoms with Crippen LogP contribution >= 0.6 is 0 Å². The summed E-state index contributed by atoms with van der Waals surface area (Å²) in [6.07, 6.45) is 67.4. The molecule has 8 nitrogen and oxygen atoms in total. The molecule has 452 valence electrons. The molecule has 6 rings (SSSR count). The molecule has 2 aromatic carbocycles. The van der Waals surface area contributed by atoms with Crippen molar-refractivity contribution in [1.29, 1.82) is 0 Å². The lowest BCUT2D eigenvalue weighted by Crippen LogP contribution is -2.34. The van der Waals surface area contributed by atoms with Gasteiger partial charge in [0.2, 0.25) is 0 Å². The lowest BCUT2D eigenvalue weighted by Gasteiger charge is -2.18. The maximum atomic E-state index is 8.52. The number of unbranched alkanes of at least 4 members (excludes halogenated alkanes) is 30. The van der Waals surface area contributed by atoms with Gasteiger partial charge in [0.25, 0.3) is 0 Å². The number of anilines is 2. The molecule has 4 aromatic rings. The smallest absolute Gasteiger partial charge is 0.172 e. The monoisotopic (exact) mass is 1130 g/mol. The maximum Gasteiger partial charge on any atom is 0.172 e. The Bertz CT molecular complexity index is 2260. The summed E-state index contributed by atoms with van der Waals surface area (Å²) in [5.74, 6) is 0. The van der Waals surface area contributed by atoms with Gasteiger partial charge in [0, 0.05) is 86.1 Å². The van der Waals surface area contributed by atoms with Gasteiger partial charge >= 0.3 is 0 Å². The van der Waals surface area contributed by atoms with Gasteiger partial charge in [0.15, 0.2) is 24.8 Å². The fourth-order valence-corrected chi connectivity index (χ4v) is 11.8. The van der Waals surface area contributed by atoms with Gasteiger partial charge in [-0.3, -0.25) is 8.42 Å². The number of aryl methyl sites for hydroxylation is 4. The molecule has 0 aliphatic heterocycles. The lowest BCUT2D eigenvalue weighted by atomic mass is 9.87. The van der Waals surface area contributed by atoms with E-state index in [4.69, 9.17) is 17.5 Å². The Hall–Kier alpha value is -4.31. The quantitative estimate of drug-likeness (QED) is 0.0192. The zero-order valence-electron chi connectivity index (χ0n) is 52.4. The number of rotatable bonds is 38. The minimum absolute atomic E-state index is 1.16. The fraction of sp³-hybridized carbons (Fsp3) is 0.639. The molecule has 2 aliphatic carbocycles. The van der Waals surface area contributed by atoms with E-state index in [9.17, 15) is 0 Å². The Morgan fingerprint density at radius 1 is 0.395 bits per heavy atom. The summed E-state index contributed by atoms with van der Waals surface area (Å²) in [6, 6.07) is 22.6. The molecule has 0 atom stereocenters. The van der Waals surface area contributed by atoms with Crippen molar-refractivity contribution >= 4 is 45.1 Å². The average Bonchev–Trinajstić information content (AvgIpc) is 3.46. The van der Waals surface area contributed by atoms with E-state index < -0.39 is 10.4 Å². The van der Waals surface area contributed by atoms with Crippen LogP contribution in [0.25, 0.3) is 23.3 Å². The number of allylic oxidation sites excluding steroid dienone is 2. The zero-order chi connectivity index (χ0) is 58.2. The second-order valence-electron chi connectivity index (χ2n) is 24.3. The highest BCUT2D eigenvalue weighted by Crippen LogP contribution is 2.33. The Kier molecular flexibility index (Phi) is 36.3. The van der Waals surface area contributed by atoms with E-state index in [0.717, 1.165) is 13.1 Å². The topological polar surface area (TPSA) is 94.5 Å². The van der Waals surface area contributed by atoms with Crippen LogP contribution in [0, 0.1) is 0 Å². The average molecular weight is 1130 g/mol. The summed E-state index contributed by atoms with van der Waals surface area (Å²) >= 11 is 0. The van der Waals surface area contributed by atoms with Gasteiger partial charge in [0.1, 0.15) is 13.1 Å². The van der Waals surface area contributed by atoms with E-state index in [1.54, 1.807) is 0 Å². The molecular weight excluding hydrogens is 1020 g/mol.